The second kappa shape index (κ2) is 6.84. The summed E-state index contributed by atoms with van der Waals surface area (Å²) < 4.78 is 40.6. The van der Waals surface area contributed by atoms with E-state index in [4.69, 9.17) is 0 Å². The SMILES string of the molecule is O=S(=O)(c1ccccc1)N(Cc1ccc(F)cc1)c1ccccc1. The molecule has 0 spiro atoms. The molecule has 0 unspecified atom stereocenters. The van der Waals surface area contributed by atoms with Crippen LogP contribution in [0.15, 0.2) is 89.8 Å². The van der Waals surface area contributed by atoms with Crippen molar-refractivity contribution in [1.82, 2.24) is 0 Å². The number of halogens is 1. The van der Waals surface area contributed by atoms with E-state index in [2.05, 4.69) is 0 Å². The van der Waals surface area contributed by atoms with Gasteiger partial charge in [-0.1, -0.05) is 48.5 Å². The zero-order valence-corrected chi connectivity index (χ0v) is 13.7. The lowest BCUT2D eigenvalue weighted by Gasteiger charge is -2.24. The molecule has 0 aliphatic carbocycles. The standard InChI is InChI=1S/C19H16FNO2S/c20-17-13-11-16(12-14-17)15-21(18-7-3-1-4-8-18)24(22,23)19-9-5-2-6-10-19/h1-14H,15H2. The van der Waals surface area contributed by atoms with Gasteiger partial charge in [0.15, 0.2) is 0 Å². The number of benzene rings is 3. The highest BCUT2D eigenvalue weighted by Crippen LogP contribution is 2.25. The zero-order chi connectivity index (χ0) is 17.0. The van der Waals surface area contributed by atoms with Gasteiger partial charge in [-0.05, 0) is 42.0 Å². The van der Waals surface area contributed by atoms with Crippen LogP contribution in [0.3, 0.4) is 0 Å². The molecule has 3 aromatic rings. The highest BCUT2D eigenvalue weighted by Gasteiger charge is 2.24. The van der Waals surface area contributed by atoms with Gasteiger partial charge >= 0.3 is 0 Å². The van der Waals surface area contributed by atoms with E-state index in [1.807, 2.05) is 6.07 Å². The summed E-state index contributed by atoms with van der Waals surface area (Å²) in [6, 6.07) is 23.0. The lowest BCUT2D eigenvalue weighted by molar-refractivity contribution is 0.590. The molecule has 3 rings (SSSR count). The van der Waals surface area contributed by atoms with Gasteiger partial charge in [0.25, 0.3) is 10.0 Å². The molecule has 0 N–H and O–H groups in total. The van der Waals surface area contributed by atoms with Crippen molar-refractivity contribution in [1.29, 1.82) is 0 Å². The molecule has 0 aliphatic rings. The zero-order valence-electron chi connectivity index (χ0n) is 12.8. The van der Waals surface area contributed by atoms with E-state index >= 15 is 0 Å². The second-order valence-electron chi connectivity index (χ2n) is 5.29. The molecule has 0 radical (unpaired) electrons. The van der Waals surface area contributed by atoms with Gasteiger partial charge in [-0.2, -0.15) is 0 Å². The fourth-order valence-corrected chi connectivity index (χ4v) is 3.86. The maximum absolute atomic E-state index is 13.1. The Kier molecular flexibility index (Phi) is 4.62. The number of sulfonamides is 1. The smallest absolute Gasteiger partial charge is 0.262 e. The molecule has 0 amide bonds. The van der Waals surface area contributed by atoms with Crippen molar-refractivity contribution in [2.75, 3.05) is 4.31 Å². The molecule has 3 aromatic carbocycles. The van der Waals surface area contributed by atoms with Crippen LogP contribution in [0.4, 0.5) is 10.1 Å². The van der Waals surface area contributed by atoms with Crippen LogP contribution in [0.1, 0.15) is 5.56 Å². The van der Waals surface area contributed by atoms with Crippen LogP contribution in [-0.4, -0.2) is 8.42 Å². The van der Waals surface area contributed by atoms with Gasteiger partial charge in [0.05, 0.1) is 17.1 Å². The van der Waals surface area contributed by atoms with Gasteiger partial charge in [0.1, 0.15) is 5.82 Å². The van der Waals surface area contributed by atoms with Crippen molar-refractivity contribution in [3.8, 4) is 0 Å². The summed E-state index contributed by atoms with van der Waals surface area (Å²) in [4.78, 5) is 0.218. The minimum absolute atomic E-state index is 0.127. The van der Waals surface area contributed by atoms with E-state index in [0.717, 1.165) is 0 Å². The fraction of sp³-hybridized carbons (Fsp3) is 0.0526. The number of nitrogens with zero attached hydrogens (tertiary/aromatic N) is 1. The molecule has 0 fully saturated rings. The highest BCUT2D eigenvalue weighted by atomic mass is 32.2. The molecule has 0 aliphatic heterocycles. The van der Waals surface area contributed by atoms with Gasteiger partial charge in [-0.25, -0.2) is 12.8 Å². The summed E-state index contributed by atoms with van der Waals surface area (Å²) in [7, 11) is -3.72. The number of hydrogen-bond acceptors (Lipinski definition) is 2. The van der Waals surface area contributed by atoms with E-state index in [9.17, 15) is 12.8 Å². The minimum atomic E-state index is -3.72. The Morgan fingerprint density at radius 1 is 0.750 bits per heavy atom. The molecular weight excluding hydrogens is 325 g/mol. The fourth-order valence-electron chi connectivity index (χ4n) is 2.38. The Morgan fingerprint density at radius 3 is 1.88 bits per heavy atom. The van der Waals surface area contributed by atoms with Crippen LogP contribution in [0.5, 0.6) is 0 Å². The lowest BCUT2D eigenvalue weighted by atomic mass is 10.2. The van der Waals surface area contributed by atoms with Crippen molar-refractivity contribution in [2.45, 2.75) is 11.4 Å². The number of rotatable bonds is 5. The summed E-state index contributed by atoms with van der Waals surface area (Å²) in [6.07, 6.45) is 0. The molecule has 0 heterocycles. The Bertz CT molecular complexity index is 895. The van der Waals surface area contributed by atoms with Gasteiger partial charge in [0.2, 0.25) is 0 Å². The molecular formula is C19H16FNO2S. The van der Waals surface area contributed by atoms with Crippen molar-refractivity contribution >= 4 is 15.7 Å². The highest BCUT2D eigenvalue weighted by molar-refractivity contribution is 7.92. The summed E-state index contributed by atoms with van der Waals surface area (Å²) in [5.41, 5.74) is 1.27. The van der Waals surface area contributed by atoms with E-state index in [-0.39, 0.29) is 17.3 Å². The van der Waals surface area contributed by atoms with Crippen LogP contribution < -0.4 is 4.31 Å². The Labute approximate surface area is 141 Å². The van der Waals surface area contributed by atoms with Crippen LogP contribution in [0.25, 0.3) is 0 Å². The normalized spacial score (nSPS) is 11.2. The van der Waals surface area contributed by atoms with E-state index in [1.54, 1.807) is 66.7 Å². The summed E-state index contributed by atoms with van der Waals surface area (Å²) in [5, 5.41) is 0. The third-order valence-electron chi connectivity index (χ3n) is 3.61. The topological polar surface area (TPSA) is 37.4 Å². The van der Waals surface area contributed by atoms with E-state index in [1.165, 1.54) is 16.4 Å². The Hall–Kier alpha value is -2.66. The van der Waals surface area contributed by atoms with Crippen LogP contribution in [0, 0.1) is 5.82 Å². The quantitative estimate of drug-likeness (QED) is 0.697. The van der Waals surface area contributed by atoms with Crippen LogP contribution in [-0.2, 0) is 16.6 Å². The first kappa shape index (κ1) is 16.2. The predicted molar refractivity (Wildman–Crippen MR) is 92.7 cm³/mol. The predicted octanol–water partition coefficient (Wildman–Crippen LogP) is 4.22. The molecule has 122 valence electrons. The van der Waals surface area contributed by atoms with Gasteiger partial charge in [-0.15, -0.1) is 0 Å². The third kappa shape index (κ3) is 3.46. The van der Waals surface area contributed by atoms with Crippen molar-refractivity contribution < 1.29 is 12.8 Å². The number of para-hydroxylation sites is 1. The molecule has 0 saturated carbocycles. The average Bonchev–Trinajstić information content (AvgIpc) is 2.62. The molecule has 0 atom stereocenters. The second-order valence-corrected chi connectivity index (χ2v) is 7.15. The van der Waals surface area contributed by atoms with Gasteiger partial charge < -0.3 is 0 Å². The first-order valence-electron chi connectivity index (χ1n) is 7.45. The molecule has 0 saturated heterocycles. The van der Waals surface area contributed by atoms with E-state index < -0.39 is 10.0 Å². The summed E-state index contributed by atoms with van der Waals surface area (Å²) in [5.74, 6) is -0.351. The lowest BCUT2D eigenvalue weighted by Crippen LogP contribution is -2.30. The molecule has 3 nitrogen and oxygen atoms in total. The monoisotopic (exact) mass is 341 g/mol. The maximum atomic E-state index is 13.1. The molecule has 0 bridgehead atoms. The van der Waals surface area contributed by atoms with Gasteiger partial charge in [-0.3, -0.25) is 4.31 Å². The molecule has 24 heavy (non-hydrogen) atoms. The minimum Gasteiger partial charge on any atom is -0.262 e. The number of anilines is 1. The van der Waals surface area contributed by atoms with E-state index in [0.29, 0.717) is 11.3 Å². The van der Waals surface area contributed by atoms with Crippen molar-refractivity contribution in [2.24, 2.45) is 0 Å². The van der Waals surface area contributed by atoms with Crippen LogP contribution >= 0.6 is 0 Å². The largest absolute Gasteiger partial charge is 0.264 e. The Balaban J connectivity index is 2.04. The Morgan fingerprint density at radius 2 is 1.29 bits per heavy atom. The number of hydrogen-bond donors (Lipinski definition) is 0. The summed E-state index contributed by atoms with van der Waals surface area (Å²) >= 11 is 0. The van der Waals surface area contributed by atoms with Crippen molar-refractivity contribution in [3.05, 3.63) is 96.3 Å². The first-order valence-corrected chi connectivity index (χ1v) is 8.89. The van der Waals surface area contributed by atoms with Gasteiger partial charge in [0, 0.05) is 0 Å². The van der Waals surface area contributed by atoms with Crippen LogP contribution in [0.2, 0.25) is 0 Å². The average molecular weight is 341 g/mol. The third-order valence-corrected chi connectivity index (χ3v) is 5.40. The molecule has 0 aromatic heterocycles. The maximum Gasteiger partial charge on any atom is 0.264 e. The summed E-state index contributed by atoms with van der Waals surface area (Å²) in [6.45, 7) is 0.127. The van der Waals surface area contributed by atoms with Crippen molar-refractivity contribution in [3.63, 3.8) is 0 Å². The molecule has 5 heteroatoms. The first-order chi connectivity index (χ1) is 11.6.